The van der Waals surface area contributed by atoms with Crippen molar-refractivity contribution in [3.63, 3.8) is 0 Å². The van der Waals surface area contributed by atoms with Crippen molar-refractivity contribution in [1.29, 1.82) is 0 Å². The maximum atomic E-state index is 12.6. The first-order valence-electron chi connectivity index (χ1n) is 9.56. The lowest BCUT2D eigenvalue weighted by Gasteiger charge is -2.56. The SMILES string of the molecule is C[C@H]1C[C@@H]1C(=O)NCCC(=O)N(C)C1C2CC3CC(C2)CC1C3. The molecule has 0 spiro atoms. The first kappa shape index (κ1) is 15.5. The van der Waals surface area contributed by atoms with Gasteiger partial charge in [-0.2, -0.15) is 0 Å². The highest BCUT2D eigenvalue weighted by atomic mass is 16.2. The van der Waals surface area contributed by atoms with Gasteiger partial charge in [-0.3, -0.25) is 9.59 Å². The predicted octanol–water partition coefficient (Wildman–Crippen LogP) is 2.43. The van der Waals surface area contributed by atoms with E-state index in [1.807, 2.05) is 11.9 Å². The van der Waals surface area contributed by atoms with Gasteiger partial charge in [-0.05, 0) is 68.1 Å². The molecule has 5 aliphatic rings. The van der Waals surface area contributed by atoms with Gasteiger partial charge in [0.15, 0.2) is 0 Å². The smallest absolute Gasteiger partial charge is 0.224 e. The molecule has 4 bridgehead atoms. The fourth-order valence-corrected chi connectivity index (χ4v) is 5.98. The molecule has 2 amide bonds. The lowest BCUT2D eigenvalue weighted by Crippen LogP contribution is -2.56. The number of carbonyl (C=O) groups excluding carboxylic acids is 2. The Hall–Kier alpha value is -1.06. The summed E-state index contributed by atoms with van der Waals surface area (Å²) >= 11 is 0. The Balaban J connectivity index is 1.28. The Bertz CT molecular complexity index is 476. The second-order valence-corrected chi connectivity index (χ2v) is 8.79. The van der Waals surface area contributed by atoms with E-state index in [9.17, 15) is 9.59 Å². The zero-order valence-electron chi connectivity index (χ0n) is 14.5. The van der Waals surface area contributed by atoms with E-state index in [1.165, 1.54) is 32.1 Å². The summed E-state index contributed by atoms with van der Waals surface area (Å²) in [6, 6.07) is 0.467. The normalized spacial score (nSPS) is 43.3. The molecule has 0 aliphatic heterocycles. The van der Waals surface area contributed by atoms with Crippen molar-refractivity contribution >= 4 is 11.8 Å². The summed E-state index contributed by atoms with van der Waals surface area (Å²) in [4.78, 5) is 26.4. The molecule has 0 unspecified atom stereocenters. The Morgan fingerprint density at radius 3 is 2.09 bits per heavy atom. The summed E-state index contributed by atoms with van der Waals surface area (Å²) in [5, 5.41) is 2.94. The van der Waals surface area contributed by atoms with Crippen molar-refractivity contribution in [2.24, 2.45) is 35.5 Å². The highest BCUT2D eigenvalue weighted by molar-refractivity contribution is 5.82. The highest BCUT2D eigenvalue weighted by Crippen LogP contribution is 2.55. The van der Waals surface area contributed by atoms with Crippen LogP contribution >= 0.6 is 0 Å². The van der Waals surface area contributed by atoms with Crippen LogP contribution in [0, 0.1) is 35.5 Å². The van der Waals surface area contributed by atoms with Gasteiger partial charge in [0.25, 0.3) is 0 Å². The quantitative estimate of drug-likeness (QED) is 0.846. The van der Waals surface area contributed by atoms with Crippen LogP contribution in [0.25, 0.3) is 0 Å². The lowest BCUT2D eigenvalue weighted by atomic mass is 9.54. The minimum atomic E-state index is 0.141. The van der Waals surface area contributed by atoms with Crippen molar-refractivity contribution < 1.29 is 9.59 Å². The number of nitrogens with zero attached hydrogens (tertiary/aromatic N) is 1. The molecule has 23 heavy (non-hydrogen) atoms. The Morgan fingerprint density at radius 1 is 1.00 bits per heavy atom. The minimum Gasteiger partial charge on any atom is -0.355 e. The van der Waals surface area contributed by atoms with Gasteiger partial charge in [0.05, 0.1) is 0 Å². The van der Waals surface area contributed by atoms with Crippen molar-refractivity contribution in [2.75, 3.05) is 13.6 Å². The van der Waals surface area contributed by atoms with E-state index in [0.29, 0.717) is 24.9 Å². The van der Waals surface area contributed by atoms with E-state index >= 15 is 0 Å². The van der Waals surface area contributed by atoms with E-state index in [2.05, 4.69) is 12.2 Å². The van der Waals surface area contributed by atoms with Crippen LogP contribution in [0.2, 0.25) is 0 Å². The van der Waals surface area contributed by atoms with Crippen LogP contribution in [0.15, 0.2) is 0 Å². The fraction of sp³-hybridized carbons (Fsp3) is 0.895. The molecule has 0 saturated heterocycles. The fourth-order valence-electron chi connectivity index (χ4n) is 5.98. The van der Waals surface area contributed by atoms with Crippen LogP contribution in [-0.4, -0.2) is 36.3 Å². The molecule has 0 aromatic rings. The molecule has 0 aromatic heterocycles. The van der Waals surface area contributed by atoms with Crippen LogP contribution in [0.3, 0.4) is 0 Å². The number of hydrogen-bond donors (Lipinski definition) is 1. The first-order valence-corrected chi connectivity index (χ1v) is 9.56. The Labute approximate surface area is 139 Å². The molecular formula is C19H30N2O2. The molecule has 5 fully saturated rings. The summed E-state index contributed by atoms with van der Waals surface area (Å²) < 4.78 is 0. The maximum Gasteiger partial charge on any atom is 0.224 e. The zero-order chi connectivity index (χ0) is 16.1. The third-order valence-electron chi connectivity index (χ3n) is 7.10. The number of nitrogens with one attached hydrogen (secondary N) is 1. The molecule has 0 heterocycles. The van der Waals surface area contributed by atoms with E-state index in [0.717, 1.165) is 30.1 Å². The molecular weight excluding hydrogens is 288 g/mol. The first-order chi connectivity index (χ1) is 11.0. The molecule has 128 valence electrons. The lowest BCUT2D eigenvalue weighted by molar-refractivity contribution is -0.141. The summed E-state index contributed by atoms with van der Waals surface area (Å²) in [5.41, 5.74) is 0. The Morgan fingerprint density at radius 2 is 1.57 bits per heavy atom. The van der Waals surface area contributed by atoms with Gasteiger partial charge >= 0.3 is 0 Å². The Kier molecular flexibility index (Phi) is 3.89. The second kappa shape index (κ2) is 5.78. The van der Waals surface area contributed by atoms with Gasteiger partial charge in [0.2, 0.25) is 11.8 Å². The van der Waals surface area contributed by atoms with Gasteiger partial charge in [-0.1, -0.05) is 6.92 Å². The van der Waals surface area contributed by atoms with E-state index in [4.69, 9.17) is 0 Å². The predicted molar refractivity (Wildman–Crippen MR) is 88.5 cm³/mol. The van der Waals surface area contributed by atoms with Gasteiger partial charge in [-0.25, -0.2) is 0 Å². The zero-order valence-corrected chi connectivity index (χ0v) is 14.5. The average molecular weight is 318 g/mol. The average Bonchev–Trinajstić information content (AvgIpc) is 3.22. The summed E-state index contributed by atoms with van der Waals surface area (Å²) in [6.45, 7) is 2.61. The van der Waals surface area contributed by atoms with Crippen molar-refractivity contribution in [1.82, 2.24) is 10.2 Å². The van der Waals surface area contributed by atoms with Gasteiger partial charge in [0.1, 0.15) is 0 Å². The van der Waals surface area contributed by atoms with Crippen LogP contribution < -0.4 is 5.32 Å². The monoisotopic (exact) mass is 318 g/mol. The van der Waals surface area contributed by atoms with Crippen molar-refractivity contribution in [2.45, 2.75) is 57.9 Å². The molecule has 0 radical (unpaired) electrons. The molecule has 5 saturated carbocycles. The van der Waals surface area contributed by atoms with E-state index in [-0.39, 0.29) is 17.7 Å². The summed E-state index contributed by atoms with van der Waals surface area (Å²) in [6.07, 6.45) is 8.26. The third-order valence-corrected chi connectivity index (χ3v) is 7.10. The highest BCUT2D eigenvalue weighted by Gasteiger charge is 2.50. The molecule has 5 rings (SSSR count). The molecule has 4 heteroatoms. The van der Waals surface area contributed by atoms with E-state index in [1.54, 1.807) is 0 Å². The number of amides is 2. The van der Waals surface area contributed by atoms with Crippen LogP contribution in [-0.2, 0) is 9.59 Å². The van der Waals surface area contributed by atoms with Gasteiger partial charge in [-0.15, -0.1) is 0 Å². The number of hydrogen-bond acceptors (Lipinski definition) is 2. The minimum absolute atomic E-state index is 0.141. The van der Waals surface area contributed by atoms with Gasteiger partial charge in [0, 0.05) is 32.0 Å². The molecule has 0 aromatic carbocycles. The molecule has 4 nitrogen and oxygen atoms in total. The number of rotatable bonds is 5. The van der Waals surface area contributed by atoms with Crippen LogP contribution in [0.1, 0.15) is 51.9 Å². The standard InChI is InChI=1S/C19H30N2O2/c1-11-5-16(11)19(23)20-4-3-17(22)21(2)18-14-7-12-6-13(9-14)10-15(18)8-12/h11-16,18H,3-10H2,1-2H3,(H,20,23)/t11-,12?,13?,14?,15?,16-,18?/m0/s1. The van der Waals surface area contributed by atoms with Crippen LogP contribution in [0.4, 0.5) is 0 Å². The second-order valence-electron chi connectivity index (χ2n) is 8.79. The van der Waals surface area contributed by atoms with Crippen molar-refractivity contribution in [3.05, 3.63) is 0 Å². The molecule has 1 N–H and O–H groups in total. The summed E-state index contributed by atoms with van der Waals surface area (Å²) in [5.74, 6) is 4.45. The molecule has 5 aliphatic carbocycles. The van der Waals surface area contributed by atoms with Crippen LogP contribution in [0.5, 0.6) is 0 Å². The van der Waals surface area contributed by atoms with E-state index < -0.39 is 0 Å². The maximum absolute atomic E-state index is 12.6. The summed E-state index contributed by atoms with van der Waals surface area (Å²) in [7, 11) is 2.00. The largest absolute Gasteiger partial charge is 0.355 e. The van der Waals surface area contributed by atoms with Crippen molar-refractivity contribution in [3.8, 4) is 0 Å². The van der Waals surface area contributed by atoms with Gasteiger partial charge < -0.3 is 10.2 Å². The number of carbonyl (C=O) groups is 2. The topological polar surface area (TPSA) is 49.4 Å². The third kappa shape index (κ3) is 2.89. The molecule has 2 atom stereocenters.